The van der Waals surface area contributed by atoms with Gasteiger partial charge in [0.05, 0.1) is 11.1 Å². The first-order chi connectivity index (χ1) is 8.90. The van der Waals surface area contributed by atoms with Crippen molar-refractivity contribution < 1.29 is 9.72 Å². The third kappa shape index (κ3) is 2.72. The van der Waals surface area contributed by atoms with Crippen molar-refractivity contribution >= 4 is 17.6 Å². The SMILES string of the molecule is CN(C(=N)N)C(=O)c1cc([N+](=O)[O-])cn1CC1CC1. The Bertz CT molecular complexity index is 547. The topological polar surface area (TPSA) is 118 Å². The van der Waals surface area contributed by atoms with E-state index < -0.39 is 16.8 Å². The Balaban J connectivity index is 2.32. The lowest BCUT2D eigenvalue weighted by atomic mass is 10.3. The van der Waals surface area contributed by atoms with Gasteiger partial charge in [0.1, 0.15) is 5.69 Å². The van der Waals surface area contributed by atoms with Gasteiger partial charge in [0.2, 0.25) is 0 Å². The molecule has 1 fully saturated rings. The number of hydrogen-bond donors (Lipinski definition) is 2. The molecule has 0 aliphatic heterocycles. The highest BCUT2D eigenvalue weighted by Crippen LogP contribution is 2.32. The molecule has 0 radical (unpaired) electrons. The van der Waals surface area contributed by atoms with Crippen molar-refractivity contribution in [2.75, 3.05) is 7.05 Å². The lowest BCUT2D eigenvalue weighted by Gasteiger charge is -2.15. The normalized spacial score (nSPS) is 14.2. The average molecular weight is 265 g/mol. The van der Waals surface area contributed by atoms with Gasteiger partial charge in [-0.2, -0.15) is 0 Å². The molecule has 1 amide bonds. The predicted molar refractivity (Wildman–Crippen MR) is 67.8 cm³/mol. The highest BCUT2D eigenvalue weighted by atomic mass is 16.6. The molecule has 0 spiro atoms. The van der Waals surface area contributed by atoms with E-state index in [0.29, 0.717) is 12.5 Å². The van der Waals surface area contributed by atoms with Crippen LogP contribution in [-0.2, 0) is 6.54 Å². The molecule has 1 aliphatic carbocycles. The zero-order valence-corrected chi connectivity index (χ0v) is 10.5. The molecule has 19 heavy (non-hydrogen) atoms. The number of carbonyl (C=O) groups is 1. The Morgan fingerprint density at radius 2 is 2.32 bits per heavy atom. The fraction of sp³-hybridized carbons (Fsp3) is 0.455. The third-order valence-electron chi connectivity index (χ3n) is 3.13. The maximum absolute atomic E-state index is 12.1. The molecule has 3 N–H and O–H groups in total. The standard InChI is InChI=1S/C11H15N5O3/c1-14(11(12)13)10(17)9-4-8(16(18)19)6-15(9)5-7-2-3-7/h4,6-7H,2-3,5H2,1H3,(H3,12,13). The number of nitrogens with one attached hydrogen (secondary N) is 1. The molecule has 1 heterocycles. The summed E-state index contributed by atoms with van der Waals surface area (Å²) in [7, 11) is 1.37. The van der Waals surface area contributed by atoms with E-state index in [2.05, 4.69) is 0 Å². The van der Waals surface area contributed by atoms with E-state index in [-0.39, 0.29) is 11.4 Å². The molecular weight excluding hydrogens is 250 g/mol. The minimum absolute atomic E-state index is 0.124. The number of nitrogens with zero attached hydrogens (tertiary/aromatic N) is 3. The van der Waals surface area contributed by atoms with Gasteiger partial charge in [-0.25, -0.2) is 0 Å². The van der Waals surface area contributed by atoms with Crippen molar-refractivity contribution in [3.8, 4) is 0 Å². The molecule has 102 valence electrons. The second kappa shape index (κ2) is 4.71. The summed E-state index contributed by atoms with van der Waals surface area (Å²) < 4.78 is 1.58. The lowest BCUT2D eigenvalue weighted by molar-refractivity contribution is -0.384. The number of amides is 1. The van der Waals surface area contributed by atoms with E-state index in [1.165, 1.54) is 19.3 Å². The van der Waals surface area contributed by atoms with Crippen molar-refractivity contribution in [3.63, 3.8) is 0 Å². The van der Waals surface area contributed by atoms with Crippen molar-refractivity contribution in [2.45, 2.75) is 19.4 Å². The van der Waals surface area contributed by atoms with Gasteiger partial charge < -0.3 is 10.3 Å². The van der Waals surface area contributed by atoms with Crippen LogP contribution in [0.2, 0.25) is 0 Å². The van der Waals surface area contributed by atoms with Crippen molar-refractivity contribution in [1.29, 1.82) is 5.41 Å². The molecule has 1 aliphatic rings. The molecule has 2 rings (SSSR count). The van der Waals surface area contributed by atoms with Gasteiger partial charge in [-0.05, 0) is 18.8 Å². The first-order valence-corrected chi connectivity index (χ1v) is 5.86. The monoisotopic (exact) mass is 265 g/mol. The summed E-state index contributed by atoms with van der Waals surface area (Å²) in [6.45, 7) is 0.584. The summed E-state index contributed by atoms with van der Waals surface area (Å²) in [5.74, 6) is -0.436. The van der Waals surface area contributed by atoms with Crippen LogP contribution >= 0.6 is 0 Å². The summed E-state index contributed by atoms with van der Waals surface area (Å²) in [5, 5.41) is 18.0. The lowest BCUT2D eigenvalue weighted by Crippen LogP contribution is -2.38. The predicted octanol–water partition coefficient (Wildman–Crippen LogP) is 0.772. The van der Waals surface area contributed by atoms with Gasteiger partial charge in [-0.1, -0.05) is 0 Å². The Morgan fingerprint density at radius 1 is 1.68 bits per heavy atom. The summed E-state index contributed by atoms with van der Waals surface area (Å²) >= 11 is 0. The number of nitrogens with two attached hydrogens (primary N) is 1. The van der Waals surface area contributed by atoms with E-state index in [1.807, 2.05) is 0 Å². The molecule has 1 saturated carbocycles. The van der Waals surface area contributed by atoms with Crippen LogP contribution in [-0.4, -0.2) is 33.3 Å². The second-order valence-corrected chi connectivity index (χ2v) is 4.69. The molecule has 0 unspecified atom stereocenters. The Morgan fingerprint density at radius 3 is 2.79 bits per heavy atom. The molecule has 0 bridgehead atoms. The molecule has 1 aromatic rings. The van der Waals surface area contributed by atoms with Gasteiger partial charge in [0, 0.05) is 19.7 Å². The summed E-state index contributed by atoms with van der Waals surface area (Å²) in [6.07, 6.45) is 3.50. The highest BCUT2D eigenvalue weighted by Gasteiger charge is 2.27. The van der Waals surface area contributed by atoms with Crippen LogP contribution in [0.15, 0.2) is 12.3 Å². The first kappa shape index (κ1) is 13.1. The van der Waals surface area contributed by atoms with Crippen LogP contribution in [0.4, 0.5) is 5.69 Å². The largest absolute Gasteiger partial charge is 0.370 e. The van der Waals surface area contributed by atoms with E-state index in [0.717, 1.165) is 17.7 Å². The smallest absolute Gasteiger partial charge is 0.287 e. The second-order valence-electron chi connectivity index (χ2n) is 4.69. The minimum Gasteiger partial charge on any atom is -0.370 e. The molecule has 0 aromatic carbocycles. The number of nitro groups is 1. The third-order valence-corrected chi connectivity index (χ3v) is 3.13. The zero-order valence-electron chi connectivity index (χ0n) is 10.5. The molecule has 0 saturated heterocycles. The van der Waals surface area contributed by atoms with E-state index >= 15 is 0 Å². The fourth-order valence-corrected chi connectivity index (χ4v) is 1.78. The van der Waals surface area contributed by atoms with Gasteiger partial charge in [-0.3, -0.25) is 25.2 Å². The number of aromatic nitrogens is 1. The van der Waals surface area contributed by atoms with Crippen LogP contribution in [0.1, 0.15) is 23.3 Å². The summed E-state index contributed by atoms with van der Waals surface area (Å²) in [6, 6.07) is 1.23. The van der Waals surface area contributed by atoms with E-state index in [4.69, 9.17) is 11.1 Å². The number of hydrogen-bond acceptors (Lipinski definition) is 4. The summed E-state index contributed by atoms with van der Waals surface area (Å²) in [5.41, 5.74) is 5.32. The maximum Gasteiger partial charge on any atom is 0.287 e. The van der Waals surface area contributed by atoms with Crippen molar-refractivity contribution in [2.24, 2.45) is 11.7 Å². The van der Waals surface area contributed by atoms with Crippen molar-refractivity contribution in [3.05, 3.63) is 28.1 Å². The molecule has 1 aromatic heterocycles. The van der Waals surface area contributed by atoms with Gasteiger partial charge in [0.15, 0.2) is 5.96 Å². The van der Waals surface area contributed by atoms with Crippen LogP contribution in [0.25, 0.3) is 0 Å². The van der Waals surface area contributed by atoms with Crippen LogP contribution in [0.3, 0.4) is 0 Å². The molecule has 8 nitrogen and oxygen atoms in total. The number of rotatable bonds is 4. The molecular formula is C11H15N5O3. The maximum atomic E-state index is 12.1. The quantitative estimate of drug-likeness (QED) is 0.361. The molecule has 8 heteroatoms. The number of carbonyl (C=O) groups excluding carboxylic acids is 1. The summed E-state index contributed by atoms with van der Waals surface area (Å²) in [4.78, 5) is 23.3. The zero-order chi connectivity index (χ0) is 14.2. The first-order valence-electron chi connectivity index (χ1n) is 5.86. The van der Waals surface area contributed by atoms with Crippen LogP contribution < -0.4 is 5.73 Å². The van der Waals surface area contributed by atoms with Crippen LogP contribution in [0.5, 0.6) is 0 Å². The Kier molecular flexibility index (Phi) is 3.24. The fourth-order valence-electron chi connectivity index (χ4n) is 1.78. The van der Waals surface area contributed by atoms with E-state index in [9.17, 15) is 14.9 Å². The highest BCUT2D eigenvalue weighted by molar-refractivity contribution is 6.03. The number of guanidine groups is 1. The molecule has 0 atom stereocenters. The van der Waals surface area contributed by atoms with E-state index in [1.54, 1.807) is 4.57 Å². The minimum atomic E-state index is -0.534. The van der Waals surface area contributed by atoms with Gasteiger partial charge in [0.25, 0.3) is 11.6 Å². The Hall–Kier alpha value is -2.38. The Labute approximate surface area is 109 Å². The van der Waals surface area contributed by atoms with Gasteiger partial charge >= 0.3 is 0 Å². The van der Waals surface area contributed by atoms with Gasteiger partial charge in [-0.15, -0.1) is 0 Å². The van der Waals surface area contributed by atoms with Crippen molar-refractivity contribution in [1.82, 2.24) is 9.47 Å². The average Bonchev–Trinajstić information content (AvgIpc) is 3.04. The van der Waals surface area contributed by atoms with Crippen LogP contribution in [0, 0.1) is 21.4 Å².